The highest BCUT2D eigenvalue weighted by atomic mass is 16.5. The van der Waals surface area contributed by atoms with E-state index >= 15 is 0 Å². The number of carbonyl (C=O) groups is 2. The van der Waals surface area contributed by atoms with Crippen LogP contribution in [0, 0.1) is 0 Å². The first-order valence-corrected chi connectivity index (χ1v) is 5.41. The minimum absolute atomic E-state index is 0.0874. The number of aromatic hydroxyl groups is 1. The third kappa shape index (κ3) is 2.09. The smallest absolute Gasteiger partial charge is 0.410 e. The third-order valence-corrected chi connectivity index (χ3v) is 3.01. The number of ether oxygens (including phenoxy) is 1. The SMILES string of the molecule is COC(=O)N1Cc2ccc(O)cc2C[C@H]1C(=O)O. The van der Waals surface area contributed by atoms with Gasteiger partial charge in [-0.15, -0.1) is 0 Å². The summed E-state index contributed by atoms with van der Waals surface area (Å²) >= 11 is 0. The number of phenolic OH excluding ortho intramolecular Hbond substituents is 1. The fourth-order valence-corrected chi connectivity index (χ4v) is 2.10. The number of nitrogens with zero attached hydrogens (tertiary/aromatic N) is 1. The molecule has 1 amide bonds. The molecule has 18 heavy (non-hydrogen) atoms. The summed E-state index contributed by atoms with van der Waals surface area (Å²) in [4.78, 5) is 23.9. The number of fused-ring (bicyclic) bond motifs is 1. The minimum Gasteiger partial charge on any atom is -0.508 e. The van der Waals surface area contributed by atoms with Crippen molar-refractivity contribution in [1.82, 2.24) is 4.90 Å². The van der Waals surface area contributed by atoms with E-state index in [2.05, 4.69) is 4.74 Å². The van der Waals surface area contributed by atoms with Gasteiger partial charge in [-0.25, -0.2) is 9.59 Å². The fourth-order valence-electron chi connectivity index (χ4n) is 2.10. The van der Waals surface area contributed by atoms with E-state index in [1.54, 1.807) is 6.07 Å². The zero-order chi connectivity index (χ0) is 13.3. The third-order valence-electron chi connectivity index (χ3n) is 3.01. The number of hydrogen-bond acceptors (Lipinski definition) is 4. The van der Waals surface area contributed by atoms with Gasteiger partial charge in [-0.1, -0.05) is 6.07 Å². The first-order chi connectivity index (χ1) is 8.52. The Morgan fingerprint density at radius 3 is 2.72 bits per heavy atom. The lowest BCUT2D eigenvalue weighted by molar-refractivity contribution is -0.143. The summed E-state index contributed by atoms with van der Waals surface area (Å²) < 4.78 is 4.58. The standard InChI is InChI=1S/C12H13NO5/c1-18-12(17)13-6-7-2-3-9(14)4-8(7)5-10(13)11(15)16/h2-4,10,14H,5-6H2,1H3,(H,15,16)/t10-/m0/s1. The van der Waals surface area contributed by atoms with Crippen LogP contribution in [0.5, 0.6) is 5.75 Å². The Hall–Kier alpha value is -2.24. The van der Waals surface area contributed by atoms with Gasteiger partial charge >= 0.3 is 12.1 Å². The first kappa shape index (κ1) is 12.2. The molecule has 0 fully saturated rings. The molecule has 1 aliphatic rings. The van der Waals surface area contributed by atoms with Gasteiger partial charge in [-0.2, -0.15) is 0 Å². The molecule has 0 saturated carbocycles. The topological polar surface area (TPSA) is 87.1 Å². The van der Waals surface area contributed by atoms with Crippen molar-refractivity contribution in [2.45, 2.75) is 19.0 Å². The highest BCUT2D eigenvalue weighted by molar-refractivity contribution is 5.81. The normalized spacial score (nSPS) is 18.1. The molecule has 0 aromatic heterocycles. The number of carbonyl (C=O) groups excluding carboxylic acids is 1. The Balaban J connectivity index is 2.37. The lowest BCUT2D eigenvalue weighted by atomic mass is 9.94. The minimum atomic E-state index is -1.09. The number of aliphatic carboxylic acids is 1. The van der Waals surface area contributed by atoms with Crippen LogP contribution in [0.4, 0.5) is 4.79 Å². The molecule has 1 aromatic rings. The van der Waals surface area contributed by atoms with Crippen LogP contribution in [0.1, 0.15) is 11.1 Å². The van der Waals surface area contributed by atoms with Crippen molar-refractivity contribution in [3.05, 3.63) is 29.3 Å². The lowest BCUT2D eigenvalue weighted by Crippen LogP contribution is -2.48. The van der Waals surface area contributed by atoms with Crippen LogP contribution in [0.2, 0.25) is 0 Å². The van der Waals surface area contributed by atoms with Crippen LogP contribution < -0.4 is 0 Å². The molecule has 1 aromatic carbocycles. The Labute approximate surface area is 103 Å². The van der Waals surface area contributed by atoms with Crippen molar-refractivity contribution in [1.29, 1.82) is 0 Å². The zero-order valence-corrected chi connectivity index (χ0v) is 9.79. The highest BCUT2D eigenvalue weighted by Crippen LogP contribution is 2.27. The number of phenols is 1. The average Bonchev–Trinajstić information content (AvgIpc) is 2.36. The molecule has 0 saturated heterocycles. The van der Waals surface area contributed by atoms with Crippen molar-refractivity contribution in [2.75, 3.05) is 7.11 Å². The van der Waals surface area contributed by atoms with E-state index in [9.17, 15) is 14.7 Å². The predicted octanol–water partition coefficient (Wildman–Crippen LogP) is 0.970. The second kappa shape index (κ2) is 4.56. The van der Waals surface area contributed by atoms with Crippen LogP contribution in [-0.4, -0.2) is 40.3 Å². The van der Waals surface area contributed by atoms with Gasteiger partial charge < -0.3 is 14.9 Å². The van der Waals surface area contributed by atoms with E-state index in [-0.39, 0.29) is 18.7 Å². The maximum absolute atomic E-state index is 11.5. The van der Waals surface area contributed by atoms with Crippen molar-refractivity contribution in [3.63, 3.8) is 0 Å². The maximum atomic E-state index is 11.5. The second-order valence-corrected chi connectivity index (χ2v) is 4.11. The molecule has 1 aliphatic heterocycles. The number of rotatable bonds is 1. The van der Waals surface area contributed by atoms with E-state index < -0.39 is 18.1 Å². The molecule has 0 unspecified atom stereocenters. The van der Waals surface area contributed by atoms with Crippen molar-refractivity contribution >= 4 is 12.1 Å². The molecule has 2 N–H and O–H groups in total. The highest BCUT2D eigenvalue weighted by Gasteiger charge is 2.35. The van der Waals surface area contributed by atoms with Crippen molar-refractivity contribution in [2.24, 2.45) is 0 Å². The number of hydrogen-bond donors (Lipinski definition) is 2. The Kier molecular flexibility index (Phi) is 3.10. The Bertz CT molecular complexity index is 499. The van der Waals surface area contributed by atoms with E-state index in [1.165, 1.54) is 24.1 Å². The lowest BCUT2D eigenvalue weighted by Gasteiger charge is -2.33. The summed E-state index contributed by atoms with van der Waals surface area (Å²) in [6.07, 6.45) is -0.505. The van der Waals surface area contributed by atoms with Gasteiger partial charge in [0.05, 0.1) is 13.7 Å². The summed E-state index contributed by atoms with van der Waals surface area (Å²) in [5.74, 6) is -1.00. The number of amides is 1. The van der Waals surface area contributed by atoms with Gasteiger partial charge in [0.25, 0.3) is 0 Å². The van der Waals surface area contributed by atoms with Crippen molar-refractivity contribution in [3.8, 4) is 5.75 Å². The molecular formula is C12H13NO5. The van der Waals surface area contributed by atoms with Gasteiger partial charge in [0.15, 0.2) is 0 Å². The molecule has 96 valence electrons. The zero-order valence-electron chi connectivity index (χ0n) is 9.79. The van der Waals surface area contributed by atoms with Crippen LogP contribution in [0.15, 0.2) is 18.2 Å². The van der Waals surface area contributed by atoms with Gasteiger partial charge in [0.2, 0.25) is 0 Å². The number of benzene rings is 1. The molecule has 0 spiro atoms. The van der Waals surface area contributed by atoms with E-state index in [1.807, 2.05) is 0 Å². The molecule has 0 bridgehead atoms. The molecular weight excluding hydrogens is 238 g/mol. The quantitative estimate of drug-likeness (QED) is 0.776. The molecule has 0 aliphatic carbocycles. The fraction of sp³-hybridized carbons (Fsp3) is 0.333. The van der Waals surface area contributed by atoms with Crippen LogP contribution in [0.25, 0.3) is 0 Å². The van der Waals surface area contributed by atoms with Gasteiger partial charge in [0.1, 0.15) is 11.8 Å². The Morgan fingerprint density at radius 2 is 2.11 bits per heavy atom. The van der Waals surface area contributed by atoms with Crippen LogP contribution in [0.3, 0.4) is 0 Å². The van der Waals surface area contributed by atoms with E-state index in [0.717, 1.165) is 11.1 Å². The van der Waals surface area contributed by atoms with E-state index in [4.69, 9.17) is 5.11 Å². The summed E-state index contributed by atoms with van der Waals surface area (Å²) in [5, 5.41) is 18.5. The van der Waals surface area contributed by atoms with Crippen LogP contribution in [-0.2, 0) is 22.5 Å². The molecule has 1 heterocycles. The summed E-state index contributed by atoms with van der Waals surface area (Å²) in [6.45, 7) is 0.166. The molecule has 6 heteroatoms. The predicted molar refractivity (Wildman–Crippen MR) is 61.2 cm³/mol. The number of carboxylic acid groups (broad SMARTS) is 1. The monoisotopic (exact) mass is 251 g/mol. The summed E-state index contributed by atoms with van der Waals surface area (Å²) in [5.41, 5.74) is 1.55. The van der Waals surface area contributed by atoms with Crippen LogP contribution >= 0.6 is 0 Å². The second-order valence-electron chi connectivity index (χ2n) is 4.11. The molecule has 1 atom stereocenters. The first-order valence-electron chi connectivity index (χ1n) is 5.41. The van der Waals surface area contributed by atoms with Gasteiger partial charge in [0, 0.05) is 6.42 Å². The maximum Gasteiger partial charge on any atom is 0.410 e. The van der Waals surface area contributed by atoms with Gasteiger partial charge in [-0.3, -0.25) is 4.90 Å². The average molecular weight is 251 g/mol. The van der Waals surface area contributed by atoms with E-state index in [0.29, 0.717) is 0 Å². The largest absolute Gasteiger partial charge is 0.508 e. The molecule has 0 radical (unpaired) electrons. The number of methoxy groups -OCH3 is 1. The number of carboxylic acids is 1. The van der Waals surface area contributed by atoms with Gasteiger partial charge in [-0.05, 0) is 23.3 Å². The van der Waals surface area contributed by atoms with Crippen molar-refractivity contribution < 1.29 is 24.5 Å². The molecule has 6 nitrogen and oxygen atoms in total. The Morgan fingerprint density at radius 1 is 1.39 bits per heavy atom. The summed E-state index contributed by atoms with van der Waals surface area (Å²) in [6, 6.07) is 3.75. The molecule has 2 rings (SSSR count). The summed E-state index contributed by atoms with van der Waals surface area (Å²) in [7, 11) is 1.22.